The van der Waals surface area contributed by atoms with Crippen molar-refractivity contribution in [1.82, 2.24) is 20.2 Å². The summed E-state index contributed by atoms with van der Waals surface area (Å²) in [7, 11) is 0. The van der Waals surface area contributed by atoms with Crippen LogP contribution in [-0.4, -0.2) is 20.2 Å². The highest BCUT2D eigenvalue weighted by Crippen LogP contribution is 2.31. The van der Waals surface area contributed by atoms with Crippen molar-refractivity contribution in [2.75, 3.05) is 5.32 Å². The van der Waals surface area contributed by atoms with Gasteiger partial charge in [-0.3, -0.25) is 5.10 Å². The summed E-state index contributed by atoms with van der Waals surface area (Å²) in [6.07, 6.45) is 3.92. The van der Waals surface area contributed by atoms with E-state index in [2.05, 4.69) is 54.1 Å². The van der Waals surface area contributed by atoms with Gasteiger partial charge >= 0.3 is 0 Å². The van der Waals surface area contributed by atoms with E-state index in [4.69, 9.17) is 0 Å². The van der Waals surface area contributed by atoms with Crippen LogP contribution in [0.3, 0.4) is 0 Å². The maximum absolute atomic E-state index is 13.7. The van der Waals surface area contributed by atoms with E-state index in [1.807, 2.05) is 30.3 Å². The number of anilines is 2. The van der Waals surface area contributed by atoms with Crippen molar-refractivity contribution in [1.29, 1.82) is 0 Å². The third-order valence-electron chi connectivity index (χ3n) is 4.86. The molecule has 29 heavy (non-hydrogen) atoms. The molecule has 2 N–H and O–H groups in total. The van der Waals surface area contributed by atoms with Crippen LogP contribution in [0, 0.1) is 9.39 Å². The van der Waals surface area contributed by atoms with Crippen LogP contribution in [-0.2, 0) is 6.42 Å². The van der Waals surface area contributed by atoms with E-state index in [9.17, 15) is 4.39 Å². The Bertz CT molecular complexity index is 1350. The molecule has 0 saturated heterocycles. The molecule has 0 bridgehead atoms. The van der Waals surface area contributed by atoms with Crippen molar-refractivity contribution in [2.45, 2.75) is 6.42 Å². The number of fused-ring (bicyclic) bond motifs is 2. The van der Waals surface area contributed by atoms with Crippen molar-refractivity contribution >= 4 is 55.9 Å². The van der Waals surface area contributed by atoms with Gasteiger partial charge in [-0.05, 0) is 76.2 Å². The van der Waals surface area contributed by atoms with E-state index in [0.29, 0.717) is 6.42 Å². The van der Waals surface area contributed by atoms with Crippen LogP contribution in [0.4, 0.5) is 15.9 Å². The molecule has 7 heteroatoms. The summed E-state index contributed by atoms with van der Waals surface area (Å²) >= 11 is 2.28. The van der Waals surface area contributed by atoms with Gasteiger partial charge in [-0.25, -0.2) is 14.4 Å². The standard InChI is InChI=1S/C22H15FIN5/c23-14-3-1-2-13(8-14)9-16-18-11-27-29-21(18)7-6-20(16)28-22-17-10-15(24)4-5-19(17)25-12-26-22/h1-8,10-12H,9H2,(H,27,29)(H,25,26,28). The molecule has 0 amide bonds. The third-order valence-corrected chi connectivity index (χ3v) is 5.53. The fraction of sp³-hybridized carbons (Fsp3) is 0.0455. The van der Waals surface area contributed by atoms with Crippen molar-refractivity contribution in [3.63, 3.8) is 0 Å². The first-order valence-electron chi connectivity index (χ1n) is 9.04. The molecule has 2 heterocycles. The second-order valence-corrected chi connectivity index (χ2v) is 7.98. The molecule has 0 atom stereocenters. The summed E-state index contributed by atoms with van der Waals surface area (Å²) < 4.78 is 14.8. The first-order valence-corrected chi connectivity index (χ1v) is 10.1. The largest absolute Gasteiger partial charge is 0.339 e. The lowest BCUT2D eigenvalue weighted by molar-refractivity contribution is 0.626. The Kier molecular flexibility index (Phi) is 4.59. The van der Waals surface area contributed by atoms with Crippen LogP contribution in [0.2, 0.25) is 0 Å². The lowest BCUT2D eigenvalue weighted by atomic mass is 9.99. The first kappa shape index (κ1) is 18.0. The van der Waals surface area contributed by atoms with Crippen LogP contribution < -0.4 is 5.32 Å². The highest BCUT2D eigenvalue weighted by atomic mass is 127. The molecule has 2 aromatic heterocycles. The van der Waals surface area contributed by atoms with Gasteiger partial charge in [0.1, 0.15) is 18.0 Å². The quantitative estimate of drug-likeness (QED) is 0.320. The number of nitrogens with one attached hydrogen (secondary N) is 2. The van der Waals surface area contributed by atoms with Gasteiger partial charge in [-0.15, -0.1) is 0 Å². The van der Waals surface area contributed by atoms with Gasteiger partial charge in [0.25, 0.3) is 0 Å². The molecule has 0 radical (unpaired) electrons. The summed E-state index contributed by atoms with van der Waals surface area (Å²) in [6.45, 7) is 0. The van der Waals surface area contributed by atoms with Gasteiger partial charge in [-0.2, -0.15) is 5.10 Å². The fourth-order valence-electron chi connectivity index (χ4n) is 3.49. The summed E-state index contributed by atoms with van der Waals surface area (Å²) in [6, 6.07) is 16.7. The van der Waals surface area contributed by atoms with E-state index in [0.717, 1.165) is 48.0 Å². The number of aromatic nitrogens is 4. The number of rotatable bonds is 4. The second-order valence-electron chi connectivity index (χ2n) is 6.74. The Morgan fingerprint density at radius 2 is 1.93 bits per heavy atom. The molecule has 0 aliphatic heterocycles. The van der Waals surface area contributed by atoms with Crippen LogP contribution >= 0.6 is 22.6 Å². The van der Waals surface area contributed by atoms with Gasteiger partial charge in [0.15, 0.2) is 0 Å². The van der Waals surface area contributed by atoms with E-state index in [1.54, 1.807) is 24.7 Å². The van der Waals surface area contributed by atoms with Crippen molar-refractivity contribution in [2.24, 2.45) is 0 Å². The van der Waals surface area contributed by atoms with Crippen LogP contribution in [0.5, 0.6) is 0 Å². The van der Waals surface area contributed by atoms with Gasteiger partial charge in [0, 0.05) is 26.5 Å². The zero-order chi connectivity index (χ0) is 19.8. The number of halogens is 2. The highest BCUT2D eigenvalue weighted by molar-refractivity contribution is 14.1. The number of hydrogen-bond acceptors (Lipinski definition) is 4. The van der Waals surface area contributed by atoms with Gasteiger partial charge in [0.05, 0.1) is 17.2 Å². The number of aromatic amines is 1. The van der Waals surface area contributed by atoms with E-state index < -0.39 is 0 Å². The summed E-state index contributed by atoms with van der Waals surface area (Å²) in [5, 5.41) is 12.6. The van der Waals surface area contributed by atoms with Crippen LogP contribution in [0.1, 0.15) is 11.1 Å². The lowest BCUT2D eigenvalue weighted by Crippen LogP contribution is -2.01. The van der Waals surface area contributed by atoms with Crippen molar-refractivity contribution < 1.29 is 4.39 Å². The van der Waals surface area contributed by atoms with Gasteiger partial charge < -0.3 is 5.32 Å². The van der Waals surface area contributed by atoms with Crippen molar-refractivity contribution in [3.8, 4) is 0 Å². The number of hydrogen-bond donors (Lipinski definition) is 2. The average molecular weight is 495 g/mol. The Morgan fingerprint density at radius 1 is 1.00 bits per heavy atom. The molecule has 142 valence electrons. The molecule has 5 aromatic rings. The second kappa shape index (κ2) is 7.40. The van der Waals surface area contributed by atoms with Crippen molar-refractivity contribution in [3.05, 3.63) is 87.6 Å². The molecule has 0 saturated carbocycles. The third kappa shape index (κ3) is 3.53. The topological polar surface area (TPSA) is 66.5 Å². The zero-order valence-electron chi connectivity index (χ0n) is 15.2. The summed E-state index contributed by atoms with van der Waals surface area (Å²) in [4.78, 5) is 8.82. The van der Waals surface area contributed by atoms with Gasteiger partial charge in [-0.1, -0.05) is 12.1 Å². The molecule has 5 nitrogen and oxygen atoms in total. The molecule has 0 spiro atoms. The van der Waals surface area contributed by atoms with E-state index >= 15 is 0 Å². The first-order chi connectivity index (χ1) is 14.2. The SMILES string of the molecule is Fc1cccc(Cc2c(Nc3ncnc4ccc(I)cc34)ccc3[nH]ncc23)c1. The van der Waals surface area contributed by atoms with E-state index in [1.165, 1.54) is 6.07 Å². The molecule has 0 aliphatic rings. The molecular weight excluding hydrogens is 480 g/mol. The molecule has 3 aromatic carbocycles. The van der Waals surface area contributed by atoms with Crippen LogP contribution in [0.15, 0.2) is 67.1 Å². The smallest absolute Gasteiger partial charge is 0.141 e. The number of nitrogens with zero attached hydrogens (tertiary/aromatic N) is 3. The minimum absolute atomic E-state index is 0.243. The Morgan fingerprint density at radius 3 is 2.83 bits per heavy atom. The summed E-state index contributed by atoms with van der Waals surface area (Å²) in [5.41, 5.74) is 4.63. The zero-order valence-corrected chi connectivity index (χ0v) is 17.3. The Balaban J connectivity index is 1.63. The normalized spacial score (nSPS) is 11.2. The molecule has 0 aliphatic carbocycles. The minimum atomic E-state index is -0.243. The Hall–Kier alpha value is -3.07. The minimum Gasteiger partial charge on any atom is -0.339 e. The molecule has 5 rings (SSSR count). The molecule has 0 fully saturated rings. The number of H-pyrrole nitrogens is 1. The lowest BCUT2D eigenvalue weighted by Gasteiger charge is -2.14. The molecular formula is C22H15FIN5. The maximum atomic E-state index is 13.7. The highest BCUT2D eigenvalue weighted by Gasteiger charge is 2.13. The van der Waals surface area contributed by atoms with E-state index in [-0.39, 0.29) is 5.82 Å². The monoisotopic (exact) mass is 495 g/mol. The number of benzene rings is 3. The van der Waals surface area contributed by atoms with Crippen LogP contribution in [0.25, 0.3) is 21.8 Å². The predicted molar refractivity (Wildman–Crippen MR) is 121 cm³/mol. The Labute approximate surface area is 179 Å². The maximum Gasteiger partial charge on any atom is 0.141 e. The molecule has 0 unspecified atom stereocenters. The average Bonchev–Trinajstić information content (AvgIpc) is 3.19. The predicted octanol–water partition coefficient (Wildman–Crippen LogP) is 5.58. The van der Waals surface area contributed by atoms with Gasteiger partial charge in [0.2, 0.25) is 0 Å². The fourth-order valence-corrected chi connectivity index (χ4v) is 3.98. The summed E-state index contributed by atoms with van der Waals surface area (Å²) in [5.74, 6) is 0.490.